The highest BCUT2D eigenvalue weighted by molar-refractivity contribution is 6.06. The molecular formula is C27H29N5O3. The van der Waals surface area contributed by atoms with E-state index in [-0.39, 0.29) is 5.56 Å². The van der Waals surface area contributed by atoms with Crippen LogP contribution >= 0.6 is 0 Å². The molecule has 0 bridgehead atoms. The molecule has 0 saturated heterocycles. The minimum atomic E-state index is -0.0947. The highest BCUT2D eigenvalue weighted by Gasteiger charge is 2.24. The fourth-order valence-corrected chi connectivity index (χ4v) is 4.46. The van der Waals surface area contributed by atoms with Crippen molar-refractivity contribution in [3.63, 3.8) is 0 Å². The van der Waals surface area contributed by atoms with Crippen LogP contribution in [0.1, 0.15) is 33.0 Å². The lowest BCUT2D eigenvalue weighted by atomic mass is 10.1. The van der Waals surface area contributed by atoms with Crippen molar-refractivity contribution < 1.29 is 9.47 Å². The molecule has 3 aromatic heterocycles. The largest absolute Gasteiger partial charge is 0.497 e. The van der Waals surface area contributed by atoms with Gasteiger partial charge in [-0.2, -0.15) is 0 Å². The van der Waals surface area contributed by atoms with E-state index in [1.807, 2.05) is 54.0 Å². The van der Waals surface area contributed by atoms with Crippen molar-refractivity contribution in [2.45, 2.75) is 40.2 Å². The first-order valence-electron chi connectivity index (χ1n) is 11.9. The van der Waals surface area contributed by atoms with Gasteiger partial charge in [0.05, 0.1) is 30.9 Å². The van der Waals surface area contributed by atoms with Crippen LogP contribution in [0.2, 0.25) is 0 Å². The third-order valence-corrected chi connectivity index (χ3v) is 6.31. The molecule has 0 aliphatic carbocycles. The minimum Gasteiger partial charge on any atom is -0.497 e. The second-order valence-corrected chi connectivity index (χ2v) is 8.98. The van der Waals surface area contributed by atoms with Gasteiger partial charge in [-0.25, -0.2) is 15.0 Å². The first-order chi connectivity index (χ1) is 17.0. The van der Waals surface area contributed by atoms with E-state index in [4.69, 9.17) is 24.4 Å². The van der Waals surface area contributed by atoms with Crippen LogP contribution in [0, 0.1) is 5.92 Å². The number of hydrogen-bond donors (Lipinski definition) is 0. The molecule has 0 aliphatic rings. The summed E-state index contributed by atoms with van der Waals surface area (Å²) >= 11 is 0. The summed E-state index contributed by atoms with van der Waals surface area (Å²) in [5.74, 6) is 2.47. The Kier molecular flexibility index (Phi) is 5.88. The first-order valence-corrected chi connectivity index (χ1v) is 11.9. The normalized spacial score (nSPS) is 11.7. The summed E-state index contributed by atoms with van der Waals surface area (Å²) in [6.45, 7) is 6.94. The van der Waals surface area contributed by atoms with Crippen molar-refractivity contribution >= 4 is 33.2 Å². The molecule has 8 nitrogen and oxygen atoms in total. The van der Waals surface area contributed by atoms with Crippen LogP contribution in [0.5, 0.6) is 11.5 Å². The van der Waals surface area contributed by atoms with Crippen LogP contribution in [-0.2, 0) is 13.0 Å². The summed E-state index contributed by atoms with van der Waals surface area (Å²) in [5.41, 5.74) is 3.66. The van der Waals surface area contributed by atoms with Crippen LogP contribution in [-0.4, -0.2) is 38.3 Å². The van der Waals surface area contributed by atoms with Crippen molar-refractivity contribution in [1.29, 1.82) is 0 Å². The predicted octanol–water partition coefficient (Wildman–Crippen LogP) is 4.91. The molecule has 3 heterocycles. The number of hydrogen-bond acceptors (Lipinski definition) is 6. The van der Waals surface area contributed by atoms with Gasteiger partial charge in [0.15, 0.2) is 11.3 Å². The van der Waals surface area contributed by atoms with E-state index in [0.29, 0.717) is 58.3 Å². The Labute approximate surface area is 203 Å². The average Bonchev–Trinajstić information content (AvgIpc) is 3.18. The van der Waals surface area contributed by atoms with Crippen molar-refractivity contribution in [3.8, 4) is 17.2 Å². The molecule has 5 rings (SSSR count). The lowest BCUT2D eigenvalue weighted by molar-refractivity contribution is 0.402. The van der Waals surface area contributed by atoms with Gasteiger partial charge in [-0.3, -0.25) is 13.9 Å². The second kappa shape index (κ2) is 9.02. The van der Waals surface area contributed by atoms with Gasteiger partial charge in [-0.1, -0.05) is 32.9 Å². The molecule has 0 aliphatic heterocycles. The average molecular weight is 472 g/mol. The minimum absolute atomic E-state index is 0.0947. The van der Waals surface area contributed by atoms with Crippen LogP contribution in [0.15, 0.2) is 47.3 Å². The number of ether oxygens (including phenoxy) is 2. The zero-order chi connectivity index (χ0) is 24.7. The Morgan fingerprint density at radius 3 is 2.34 bits per heavy atom. The Morgan fingerprint density at radius 1 is 0.943 bits per heavy atom. The maximum atomic E-state index is 14.0. The Hall–Kier alpha value is -3.94. The molecule has 0 saturated carbocycles. The van der Waals surface area contributed by atoms with Crippen molar-refractivity contribution in [3.05, 3.63) is 58.6 Å². The maximum Gasteiger partial charge on any atom is 0.265 e. The number of benzene rings is 2. The van der Waals surface area contributed by atoms with Crippen LogP contribution in [0.4, 0.5) is 0 Å². The Morgan fingerprint density at radius 2 is 1.69 bits per heavy atom. The molecule has 0 fully saturated rings. The van der Waals surface area contributed by atoms with Gasteiger partial charge in [0.2, 0.25) is 0 Å². The van der Waals surface area contributed by atoms with Gasteiger partial charge >= 0.3 is 0 Å². The van der Waals surface area contributed by atoms with Gasteiger partial charge < -0.3 is 9.47 Å². The fraction of sp³-hybridized carbons (Fsp3) is 0.333. The highest BCUT2D eigenvalue weighted by atomic mass is 16.5. The third kappa shape index (κ3) is 3.79. The van der Waals surface area contributed by atoms with E-state index in [2.05, 4.69) is 13.8 Å². The summed E-state index contributed by atoms with van der Waals surface area (Å²) in [6, 6.07) is 13.2. The van der Waals surface area contributed by atoms with Crippen molar-refractivity contribution in [2.24, 2.45) is 5.92 Å². The molecular weight excluding hydrogens is 442 g/mol. The Bertz CT molecular complexity index is 1620. The Balaban J connectivity index is 1.97. The van der Waals surface area contributed by atoms with E-state index in [1.54, 1.807) is 18.8 Å². The third-order valence-electron chi connectivity index (χ3n) is 6.31. The number of methoxy groups -OCH3 is 2. The summed E-state index contributed by atoms with van der Waals surface area (Å²) < 4.78 is 14.9. The standard InChI is InChI=1S/C27H29N5O3/c1-6-22-30-25-23(27(33)31(22)14-13-16(2)3)24-26(29-19-10-8-7-9-18(19)28-24)32(25)20-15-17(34-4)11-12-21(20)35-5/h7-12,15-16H,6,13-14H2,1-5H3. The number of fused-ring (bicyclic) bond motifs is 4. The van der Waals surface area contributed by atoms with Gasteiger partial charge in [-0.05, 0) is 36.6 Å². The highest BCUT2D eigenvalue weighted by Crippen LogP contribution is 2.34. The molecule has 180 valence electrons. The van der Waals surface area contributed by atoms with E-state index >= 15 is 0 Å². The zero-order valence-electron chi connectivity index (χ0n) is 20.7. The zero-order valence-corrected chi connectivity index (χ0v) is 20.7. The summed E-state index contributed by atoms with van der Waals surface area (Å²) in [5, 5.41) is 0.462. The molecule has 0 amide bonds. The van der Waals surface area contributed by atoms with Gasteiger partial charge in [0, 0.05) is 19.0 Å². The smallest absolute Gasteiger partial charge is 0.265 e. The molecule has 0 N–H and O–H groups in total. The monoisotopic (exact) mass is 471 g/mol. The number of aryl methyl sites for hydroxylation is 1. The van der Waals surface area contributed by atoms with E-state index in [9.17, 15) is 4.79 Å². The molecule has 0 spiro atoms. The molecule has 8 heteroatoms. The number of rotatable bonds is 7. The van der Waals surface area contributed by atoms with Gasteiger partial charge in [-0.15, -0.1) is 0 Å². The summed E-state index contributed by atoms with van der Waals surface area (Å²) in [6.07, 6.45) is 1.51. The maximum absolute atomic E-state index is 14.0. The molecule has 35 heavy (non-hydrogen) atoms. The van der Waals surface area contributed by atoms with E-state index in [0.717, 1.165) is 23.3 Å². The number of nitrogens with zero attached hydrogens (tertiary/aromatic N) is 5. The van der Waals surface area contributed by atoms with E-state index < -0.39 is 0 Å². The summed E-state index contributed by atoms with van der Waals surface area (Å²) in [7, 11) is 3.23. The predicted molar refractivity (Wildman–Crippen MR) is 138 cm³/mol. The number of para-hydroxylation sites is 2. The van der Waals surface area contributed by atoms with Crippen LogP contribution in [0.3, 0.4) is 0 Å². The first kappa shape index (κ1) is 22.8. The molecule has 5 aromatic rings. The van der Waals surface area contributed by atoms with E-state index in [1.165, 1.54) is 0 Å². The topological polar surface area (TPSA) is 84.1 Å². The lowest BCUT2D eigenvalue weighted by Crippen LogP contribution is -2.26. The lowest BCUT2D eigenvalue weighted by Gasteiger charge is -2.15. The number of aromatic nitrogens is 5. The van der Waals surface area contributed by atoms with Crippen molar-refractivity contribution in [2.75, 3.05) is 14.2 Å². The SMILES string of the molecule is CCc1nc2c(c(=O)n1CCC(C)C)c1nc3ccccc3nc1n2-c1cc(OC)ccc1OC. The molecule has 2 aromatic carbocycles. The molecule has 0 atom stereocenters. The molecule has 0 radical (unpaired) electrons. The van der Waals surface area contributed by atoms with Gasteiger partial charge in [0.25, 0.3) is 5.56 Å². The second-order valence-electron chi connectivity index (χ2n) is 8.98. The van der Waals surface area contributed by atoms with Gasteiger partial charge in [0.1, 0.15) is 28.2 Å². The molecule has 0 unspecified atom stereocenters. The quantitative estimate of drug-likeness (QED) is 0.335. The van der Waals surface area contributed by atoms with Crippen molar-refractivity contribution in [1.82, 2.24) is 24.1 Å². The van der Waals surface area contributed by atoms with Crippen LogP contribution < -0.4 is 15.0 Å². The fourth-order valence-electron chi connectivity index (χ4n) is 4.46. The summed E-state index contributed by atoms with van der Waals surface area (Å²) in [4.78, 5) is 28.8. The van der Waals surface area contributed by atoms with Crippen LogP contribution in [0.25, 0.3) is 38.9 Å².